The van der Waals surface area contributed by atoms with Gasteiger partial charge in [-0.25, -0.2) is 13.2 Å². The number of aromatic nitrogens is 1. The highest BCUT2D eigenvalue weighted by molar-refractivity contribution is 7.94. The Bertz CT molecular complexity index is 3180. The Morgan fingerprint density at radius 2 is 1.51 bits per heavy atom. The van der Waals surface area contributed by atoms with Gasteiger partial charge in [0, 0.05) is 78.3 Å². The van der Waals surface area contributed by atoms with Gasteiger partial charge in [-0.15, -0.1) is 16.4 Å². The van der Waals surface area contributed by atoms with Crippen LogP contribution in [0.15, 0.2) is 65.2 Å². The van der Waals surface area contributed by atoms with Crippen molar-refractivity contribution in [1.82, 2.24) is 25.5 Å². The first-order chi connectivity index (χ1) is 43.1. The molecule has 1 aromatic carbocycles. The van der Waals surface area contributed by atoms with E-state index in [0.29, 0.717) is 114 Å². The molecule has 2 aromatic heterocycles. The van der Waals surface area contributed by atoms with Crippen molar-refractivity contribution < 1.29 is 92.9 Å². The molecular weight excluding hydrogens is 1240 g/mol. The molecule has 1 saturated heterocycles. The van der Waals surface area contributed by atoms with E-state index in [1.807, 2.05) is 12.4 Å². The van der Waals surface area contributed by atoms with Crippen molar-refractivity contribution in [3.05, 3.63) is 92.6 Å². The smallest absolute Gasteiger partial charge is 0.737 e. The van der Waals surface area contributed by atoms with Crippen LogP contribution in [0.3, 0.4) is 0 Å². The lowest BCUT2D eigenvalue weighted by atomic mass is 9.88. The second-order valence-electron chi connectivity index (χ2n) is 25.5. The summed E-state index contributed by atoms with van der Waals surface area (Å²) in [4.78, 5) is 84.0. The predicted molar refractivity (Wildman–Crippen MR) is 342 cm³/mol. The highest BCUT2D eigenvalue weighted by atomic mass is 32.2. The molecule has 0 aliphatic carbocycles. The number of fused-ring (bicyclic) bond motifs is 2. The number of rotatable bonds is 42. The summed E-state index contributed by atoms with van der Waals surface area (Å²) in [5.74, 6) is -2.53. The van der Waals surface area contributed by atoms with Gasteiger partial charge in [0.25, 0.3) is 11.8 Å². The van der Waals surface area contributed by atoms with E-state index < -0.39 is 58.6 Å². The molecule has 1 fully saturated rings. The Hall–Kier alpha value is -6.15. The molecule has 3 atom stereocenters. The zero-order valence-electron chi connectivity index (χ0n) is 53.5. The first-order valence-electron chi connectivity index (χ1n) is 31.3. The molecule has 502 valence electrons. The summed E-state index contributed by atoms with van der Waals surface area (Å²) < 4.78 is 83.6. The number of quaternary nitrogens is 3. The number of aryl methyl sites for hydroxylation is 1. The summed E-state index contributed by atoms with van der Waals surface area (Å²) in [7, 11) is 9.99. The van der Waals surface area contributed by atoms with Crippen LogP contribution in [0.4, 0.5) is 8.63 Å². The number of hydroxylamine groups is 2. The minimum atomic E-state index is -4.56. The lowest BCUT2D eigenvalue weighted by molar-refractivity contribution is -0.878. The number of allylic oxidation sites excluding steroid dienone is 2. The number of likely N-dealkylation sites (N-methyl/N-ethyl adjacent to an activating group) is 1. The van der Waals surface area contributed by atoms with E-state index in [1.165, 1.54) is 11.3 Å². The minimum absolute atomic E-state index is 0.0374. The fourth-order valence-electron chi connectivity index (χ4n) is 11.0. The molecule has 29 heteroatoms. The molecule has 91 heavy (non-hydrogen) atoms. The van der Waals surface area contributed by atoms with Crippen molar-refractivity contribution in [2.45, 2.75) is 128 Å². The predicted octanol–water partition coefficient (Wildman–Crippen LogP) is 4.55. The molecule has 3 aromatic rings. The van der Waals surface area contributed by atoms with E-state index in [-0.39, 0.29) is 68.3 Å². The second kappa shape index (κ2) is 35.2. The van der Waals surface area contributed by atoms with Crippen LogP contribution >= 0.6 is 23.4 Å². The van der Waals surface area contributed by atoms with Crippen LogP contribution in [0.2, 0.25) is 0 Å². The first kappa shape index (κ1) is 73.9. The normalized spacial score (nSPS) is 15.9. The lowest BCUT2D eigenvalue weighted by Gasteiger charge is -2.31. The Labute approximate surface area is 541 Å². The number of hydrogen-bond donors (Lipinski definition) is 4. The molecule has 6 rings (SSSR count). The van der Waals surface area contributed by atoms with Crippen molar-refractivity contribution in [3.63, 3.8) is 0 Å². The molecule has 0 bridgehead atoms. The van der Waals surface area contributed by atoms with Gasteiger partial charge in [0.15, 0.2) is 11.4 Å². The number of unbranched alkanes of at least 4 members (excludes halogenated alkanes) is 4. The quantitative estimate of drug-likeness (QED) is 0.00886. The van der Waals surface area contributed by atoms with Crippen LogP contribution in [0.25, 0.3) is 18.2 Å². The number of nitrogens with one attached hydrogen (secondary N) is 4. The van der Waals surface area contributed by atoms with Crippen molar-refractivity contribution in [3.8, 4) is 5.75 Å². The molecule has 3 unspecified atom stereocenters. The Kier molecular flexibility index (Phi) is 28.6. The number of nitrogens with zero attached hydrogens (tertiary/aromatic N) is 5. The Morgan fingerprint density at radius 3 is 2.14 bits per heavy atom. The number of carbonyl (C=O) groups is 6. The molecule has 0 radical (unpaired) electrons. The zero-order chi connectivity index (χ0) is 66.4. The molecule has 5 heterocycles. The van der Waals surface area contributed by atoms with Crippen LogP contribution < -0.4 is 30.8 Å². The van der Waals surface area contributed by atoms with E-state index in [9.17, 15) is 47.0 Å². The average molecular weight is 1330 g/mol. The Morgan fingerprint density at radius 1 is 0.824 bits per heavy atom. The molecule has 23 nitrogen and oxygen atoms in total. The number of hydrogen-bond acceptors (Lipinski definition) is 16. The maximum atomic E-state index is 17.4. The molecular formula is C62H91BF2N9O14S3+. The number of ether oxygens (including phenoxy) is 1. The number of carbonyl (C=O) groups excluding carboxylic acids is 6. The molecule has 0 spiro atoms. The highest BCUT2D eigenvalue weighted by Gasteiger charge is 2.54. The van der Waals surface area contributed by atoms with Crippen LogP contribution in [0.1, 0.15) is 137 Å². The average Bonchev–Trinajstić information content (AvgIpc) is 1.57. The number of amides is 5. The summed E-state index contributed by atoms with van der Waals surface area (Å²) >= 11 is 2.14. The van der Waals surface area contributed by atoms with Gasteiger partial charge in [0.1, 0.15) is 17.8 Å². The summed E-state index contributed by atoms with van der Waals surface area (Å²) in [6.45, 7) is -0.893. The fourth-order valence-corrected chi connectivity index (χ4v) is 12.6. The number of halogens is 2. The Balaban J connectivity index is 1.04. The van der Waals surface area contributed by atoms with Crippen LogP contribution in [-0.2, 0) is 59.5 Å². The van der Waals surface area contributed by atoms with Gasteiger partial charge < -0.3 is 66.8 Å². The number of thiophene rings is 1. The van der Waals surface area contributed by atoms with Crippen LogP contribution in [0, 0.1) is 0 Å². The van der Waals surface area contributed by atoms with Crippen molar-refractivity contribution in [2.24, 2.45) is 0 Å². The third-order valence-corrected chi connectivity index (χ3v) is 18.0. The molecule has 3 aliphatic heterocycles. The molecule has 0 saturated carbocycles. The summed E-state index contributed by atoms with van der Waals surface area (Å²) in [5, 5.41) is 25.1. The first-order valence-corrected chi connectivity index (χ1v) is 34.7. The molecule has 3 aliphatic rings. The summed E-state index contributed by atoms with van der Waals surface area (Å²) in [5.41, 5.74) is 2.75. The minimum Gasteiger partial charge on any atom is -0.748 e. The maximum absolute atomic E-state index is 17.4. The van der Waals surface area contributed by atoms with Gasteiger partial charge in [-0.2, -0.15) is 4.33 Å². The third-order valence-electron chi connectivity index (χ3n) is 15.7. The van der Waals surface area contributed by atoms with Crippen molar-refractivity contribution in [2.75, 3.05) is 100 Å². The number of imide groups is 1. The highest BCUT2D eigenvalue weighted by Crippen LogP contribution is 2.41. The third kappa shape index (κ3) is 24.4. The molecule has 4 N–H and O–H groups in total. The fraction of sp³-hybridized carbons (Fsp3) is 0.565. The maximum Gasteiger partial charge on any atom is 0.737 e. The van der Waals surface area contributed by atoms with E-state index in [1.54, 1.807) is 66.8 Å². The SMILES string of the molecule is C[NH+](CCCCCC(=O)ON1C(=O)CCC1=O)CCNC(=O)C(CCCC[N+](C)(C)C)NC(=O)C(CCCC[N+](C)(C)C)NC(=O)CCCOc1ccc(/C=C/c2cc(CCCS(=O)(=O)[O-])c3n2[B-](F)(F)[N+]2=C(c4cccs4)C=C(CCCSOO[O-])C2=C3)cc1. The van der Waals surface area contributed by atoms with Gasteiger partial charge in [0.2, 0.25) is 17.7 Å². The van der Waals surface area contributed by atoms with Crippen molar-refractivity contribution >= 4 is 99.9 Å². The van der Waals surface area contributed by atoms with Gasteiger partial charge in [0.05, 0.1) is 104 Å². The molecule has 5 amide bonds. The van der Waals surface area contributed by atoms with Gasteiger partial charge in [-0.1, -0.05) is 24.3 Å². The van der Waals surface area contributed by atoms with E-state index in [2.05, 4.69) is 67.6 Å². The zero-order valence-corrected chi connectivity index (χ0v) is 55.9. The largest absolute Gasteiger partial charge is 0.748 e. The van der Waals surface area contributed by atoms with Crippen LogP contribution in [0.5, 0.6) is 5.75 Å². The lowest BCUT2D eigenvalue weighted by Crippen LogP contribution is -3.09. The summed E-state index contributed by atoms with van der Waals surface area (Å²) in [6.07, 6.45) is 13.9. The van der Waals surface area contributed by atoms with E-state index in [4.69, 9.17) is 9.57 Å². The van der Waals surface area contributed by atoms with Gasteiger partial charge in [-0.3, -0.25) is 29.0 Å². The number of benzene rings is 1. The standard InChI is InChI=1S/C62H90BF2N9O14S3/c1-69(35-12-8-9-25-60(78)86-72-58(76)32-33-59(72)77)36-34-66-61(79)51(21-10-13-37-73(2,3)4)68-62(80)52(22-11-14-38-74(5,6)7)67-57(75)24-15-39-85-50-30-27-46(28-31-50)26-29-49-43-47(20-18-42-91(82,83)84)53-45-54-48(19-16-41-90-88-87-81)44-55(56-23-17-40-89-56)71(54)63(64,65)70(49)53/h17,23,26-31,40,43-45,51-52H,8-16,18-22,24-25,32-39,41-42H2,1-7H3,(H3-2,66,67,68,75,79,80,81,82,83,84)/p+1/b29-26+. The van der Waals surface area contributed by atoms with E-state index in [0.717, 1.165) is 80.2 Å². The summed E-state index contributed by atoms with van der Waals surface area (Å²) in [6, 6.07) is 10.4. The monoisotopic (exact) mass is 1330 g/mol. The van der Waals surface area contributed by atoms with Crippen molar-refractivity contribution in [1.29, 1.82) is 0 Å². The van der Waals surface area contributed by atoms with Gasteiger partial charge in [-0.05, 0) is 137 Å². The van der Waals surface area contributed by atoms with Gasteiger partial charge >= 0.3 is 12.9 Å². The second-order valence-corrected chi connectivity index (χ2v) is 28.7. The van der Waals surface area contributed by atoms with E-state index >= 15 is 8.63 Å². The van der Waals surface area contributed by atoms with Crippen LogP contribution in [-0.4, -0.2) is 196 Å². The topological polar surface area (TPSA) is 271 Å².